The molecule has 8 heteroatoms. The summed E-state index contributed by atoms with van der Waals surface area (Å²) >= 11 is 0. The summed E-state index contributed by atoms with van der Waals surface area (Å²) in [5.41, 5.74) is 1.32. The van der Waals surface area contributed by atoms with Gasteiger partial charge in [0.05, 0.1) is 12.0 Å². The number of hydrogen-bond donors (Lipinski definition) is 2. The fourth-order valence-corrected chi connectivity index (χ4v) is 4.45. The van der Waals surface area contributed by atoms with Gasteiger partial charge in [-0.1, -0.05) is 30.7 Å². The molecule has 2 heterocycles. The normalized spacial score (nSPS) is 24.0. The number of nitrogens with zero attached hydrogens (tertiary/aromatic N) is 4. The molecular weight excluding hydrogens is 346 g/mol. The van der Waals surface area contributed by atoms with E-state index in [1.807, 2.05) is 24.3 Å². The maximum Gasteiger partial charge on any atom is 0.317 e. The molecule has 2 aromatic rings. The number of fused-ring (bicyclic) bond motifs is 1. The molecular formula is C19H23N5O3. The fraction of sp³-hybridized carbons (Fsp3) is 0.474. The number of aliphatic carboxylic acids is 1. The van der Waals surface area contributed by atoms with Crippen LogP contribution in [0.4, 0.5) is 4.79 Å². The number of carboxylic acids is 1. The molecule has 1 aliphatic carbocycles. The Labute approximate surface area is 157 Å². The van der Waals surface area contributed by atoms with Gasteiger partial charge in [0.25, 0.3) is 0 Å². The first-order chi connectivity index (χ1) is 13.1. The molecule has 1 aliphatic heterocycles. The number of nitrogens with one attached hydrogen (secondary N) is 1. The van der Waals surface area contributed by atoms with Crippen LogP contribution in [-0.4, -0.2) is 49.9 Å². The maximum absolute atomic E-state index is 12.6. The lowest BCUT2D eigenvalue weighted by Gasteiger charge is -2.23. The second-order valence-corrected chi connectivity index (χ2v) is 7.45. The third-order valence-electron chi connectivity index (χ3n) is 5.93. The minimum Gasteiger partial charge on any atom is -0.481 e. The van der Waals surface area contributed by atoms with E-state index >= 15 is 0 Å². The molecule has 0 radical (unpaired) electrons. The number of hydrogen-bond acceptors (Lipinski definition) is 4. The molecule has 142 valence electrons. The summed E-state index contributed by atoms with van der Waals surface area (Å²) in [5, 5.41) is 16.7. The van der Waals surface area contributed by atoms with E-state index in [0.29, 0.717) is 32.6 Å². The monoisotopic (exact) mass is 369 g/mol. The Hall–Kier alpha value is -2.90. The molecule has 2 amide bonds. The zero-order valence-electron chi connectivity index (χ0n) is 15.0. The summed E-state index contributed by atoms with van der Waals surface area (Å²) < 4.78 is 1.74. The van der Waals surface area contributed by atoms with Gasteiger partial charge < -0.3 is 15.3 Å². The molecule has 1 aromatic carbocycles. The van der Waals surface area contributed by atoms with Crippen molar-refractivity contribution >= 4 is 12.0 Å². The van der Waals surface area contributed by atoms with Gasteiger partial charge in [-0.25, -0.2) is 14.5 Å². The van der Waals surface area contributed by atoms with Crippen molar-refractivity contribution < 1.29 is 14.7 Å². The van der Waals surface area contributed by atoms with Crippen LogP contribution in [0.5, 0.6) is 0 Å². The van der Waals surface area contributed by atoms with Gasteiger partial charge in [-0.15, -0.1) is 0 Å². The highest BCUT2D eigenvalue weighted by Gasteiger charge is 2.55. The molecule has 1 saturated carbocycles. The number of amides is 2. The average Bonchev–Trinajstić information content (AvgIpc) is 3.36. The quantitative estimate of drug-likeness (QED) is 0.836. The Bertz CT molecular complexity index is 838. The summed E-state index contributed by atoms with van der Waals surface area (Å²) in [5.74, 6) is -0.696. The minimum atomic E-state index is -0.765. The van der Waals surface area contributed by atoms with Crippen molar-refractivity contribution in [1.29, 1.82) is 0 Å². The molecule has 8 nitrogen and oxygen atoms in total. The van der Waals surface area contributed by atoms with E-state index in [1.165, 1.54) is 6.33 Å². The molecule has 0 unspecified atom stereocenters. The van der Waals surface area contributed by atoms with Crippen LogP contribution in [0.2, 0.25) is 0 Å². The summed E-state index contributed by atoms with van der Waals surface area (Å²) in [7, 11) is 0. The molecule has 1 saturated heterocycles. The Morgan fingerprint density at radius 3 is 2.81 bits per heavy atom. The highest BCUT2D eigenvalue weighted by molar-refractivity contribution is 5.80. The summed E-state index contributed by atoms with van der Waals surface area (Å²) in [6.07, 6.45) is 5.63. The number of carboxylic acid groups (broad SMARTS) is 1. The predicted octanol–water partition coefficient (Wildman–Crippen LogP) is 1.72. The van der Waals surface area contributed by atoms with Crippen LogP contribution in [0, 0.1) is 11.3 Å². The lowest BCUT2D eigenvalue weighted by atomic mass is 9.81. The molecule has 2 N–H and O–H groups in total. The first kappa shape index (κ1) is 17.5. The van der Waals surface area contributed by atoms with E-state index in [0.717, 1.165) is 24.0 Å². The van der Waals surface area contributed by atoms with Crippen LogP contribution in [0.1, 0.15) is 30.4 Å². The molecule has 0 bridgehead atoms. The van der Waals surface area contributed by atoms with E-state index in [-0.39, 0.29) is 11.9 Å². The number of carbonyl (C=O) groups excluding carboxylic acids is 1. The first-order valence-corrected chi connectivity index (χ1v) is 9.24. The van der Waals surface area contributed by atoms with Crippen molar-refractivity contribution in [2.24, 2.45) is 11.3 Å². The van der Waals surface area contributed by atoms with Crippen molar-refractivity contribution in [3.8, 4) is 0 Å². The molecule has 2 fully saturated rings. The van der Waals surface area contributed by atoms with Crippen LogP contribution >= 0.6 is 0 Å². The van der Waals surface area contributed by atoms with E-state index < -0.39 is 11.4 Å². The zero-order chi connectivity index (χ0) is 18.9. The van der Waals surface area contributed by atoms with E-state index in [2.05, 4.69) is 15.4 Å². The van der Waals surface area contributed by atoms with Gasteiger partial charge in [-0.2, -0.15) is 5.10 Å². The molecule has 4 rings (SSSR count). The lowest BCUT2D eigenvalue weighted by molar-refractivity contribution is -0.149. The van der Waals surface area contributed by atoms with Crippen LogP contribution < -0.4 is 5.32 Å². The standard InChI is InChI=1S/C19H23N5O3/c25-17(26)19-7-3-6-16(19)10-23(11-19)18(27)21-8-14-4-1-2-5-15(14)9-24-13-20-12-22-24/h1-2,4-5,12-13,16H,3,6-11H2,(H,21,27)(H,25,26)/t16-,19+/m0/s1. The average molecular weight is 369 g/mol. The molecule has 2 atom stereocenters. The van der Waals surface area contributed by atoms with E-state index in [4.69, 9.17) is 0 Å². The molecule has 2 aliphatic rings. The number of aromatic nitrogens is 3. The van der Waals surface area contributed by atoms with Crippen molar-refractivity contribution in [3.05, 3.63) is 48.0 Å². The van der Waals surface area contributed by atoms with Crippen molar-refractivity contribution in [2.75, 3.05) is 13.1 Å². The Balaban J connectivity index is 1.40. The van der Waals surface area contributed by atoms with Crippen LogP contribution in [0.25, 0.3) is 0 Å². The van der Waals surface area contributed by atoms with E-state index in [1.54, 1.807) is 15.9 Å². The van der Waals surface area contributed by atoms with E-state index in [9.17, 15) is 14.7 Å². The first-order valence-electron chi connectivity index (χ1n) is 9.24. The highest BCUT2D eigenvalue weighted by Crippen LogP contribution is 2.48. The number of carbonyl (C=O) groups is 2. The third kappa shape index (κ3) is 3.27. The SMILES string of the molecule is O=C(NCc1ccccc1Cn1cncn1)N1C[C@@H]2CCC[C@@]2(C(=O)O)C1. The number of likely N-dealkylation sites (tertiary alicyclic amines) is 1. The topological polar surface area (TPSA) is 100 Å². The van der Waals surface area contributed by atoms with Gasteiger partial charge in [0.15, 0.2) is 0 Å². The zero-order valence-corrected chi connectivity index (χ0v) is 15.0. The van der Waals surface area contributed by atoms with Gasteiger partial charge >= 0.3 is 12.0 Å². The third-order valence-corrected chi connectivity index (χ3v) is 5.93. The number of urea groups is 1. The van der Waals surface area contributed by atoms with Crippen molar-refractivity contribution in [1.82, 2.24) is 25.0 Å². The van der Waals surface area contributed by atoms with Gasteiger partial charge in [-0.3, -0.25) is 4.79 Å². The van der Waals surface area contributed by atoms with Crippen LogP contribution in [0.3, 0.4) is 0 Å². The molecule has 1 aromatic heterocycles. The Morgan fingerprint density at radius 1 is 1.30 bits per heavy atom. The van der Waals surface area contributed by atoms with Crippen LogP contribution in [0.15, 0.2) is 36.9 Å². The molecule has 27 heavy (non-hydrogen) atoms. The van der Waals surface area contributed by atoms with Crippen molar-refractivity contribution in [3.63, 3.8) is 0 Å². The Morgan fingerprint density at radius 2 is 2.11 bits per heavy atom. The Kier molecular flexibility index (Phi) is 4.55. The van der Waals surface area contributed by atoms with Gasteiger partial charge in [0.2, 0.25) is 0 Å². The van der Waals surface area contributed by atoms with Gasteiger partial charge in [-0.05, 0) is 29.9 Å². The smallest absolute Gasteiger partial charge is 0.317 e. The second-order valence-electron chi connectivity index (χ2n) is 7.45. The number of rotatable bonds is 5. The summed E-state index contributed by atoms with van der Waals surface area (Å²) in [4.78, 5) is 30.0. The second kappa shape index (κ2) is 7.02. The fourth-order valence-electron chi connectivity index (χ4n) is 4.45. The van der Waals surface area contributed by atoms with Crippen molar-refractivity contribution in [2.45, 2.75) is 32.4 Å². The minimum absolute atomic E-state index is 0.0698. The highest BCUT2D eigenvalue weighted by atomic mass is 16.4. The maximum atomic E-state index is 12.6. The lowest BCUT2D eigenvalue weighted by Crippen LogP contribution is -2.41. The molecule has 0 spiro atoms. The summed E-state index contributed by atoms with van der Waals surface area (Å²) in [6, 6.07) is 7.68. The largest absolute Gasteiger partial charge is 0.481 e. The van der Waals surface area contributed by atoms with Gasteiger partial charge in [0, 0.05) is 19.6 Å². The summed E-state index contributed by atoms with van der Waals surface area (Å²) in [6.45, 7) is 1.81. The van der Waals surface area contributed by atoms with Crippen LogP contribution in [-0.2, 0) is 17.9 Å². The number of benzene rings is 1. The predicted molar refractivity (Wildman–Crippen MR) is 96.8 cm³/mol. The van der Waals surface area contributed by atoms with Gasteiger partial charge in [0.1, 0.15) is 12.7 Å².